The molecule has 1 rings (SSSR count). The quantitative estimate of drug-likeness (QED) is 0.832. The van der Waals surface area contributed by atoms with Crippen molar-refractivity contribution in [2.24, 2.45) is 0 Å². The van der Waals surface area contributed by atoms with Crippen molar-refractivity contribution >= 4 is 33.4 Å². The Hall–Kier alpha value is -1.47. The smallest absolute Gasteiger partial charge is 0.238 e. The monoisotopic (exact) mass is 373 g/mol. The van der Waals surface area contributed by atoms with Crippen molar-refractivity contribution in [3.8, 4) is 0 Å². The highest BCUT2D eigenvalue weighted by Crippen LogP contribution is 2.19. The van der Waals surface area contributed by atoms with Crippen LogP contribution >= 0.6 is 15.9 Å². The molecule has 1 aromatic carbocycles. The summed E-state index contributed by atoms with van der Waals surface area (Å²) in [5, 5.41) is 5.29. The molecule has 5 nitrogen and oxygen atoms in total. The first-order valence-electron chi connectivity index (χ1n) is 6.81. The summed E-state index contributed by atoms with van der Waals surface area (Å²) in [4.78, 5) is 25.2. The van der Waals surface area contributed by atoms with Gasteiger partial charge >= 0.3 is 0 Å². The number of likely N-dealkylation sites (N-methyl/N-ethyl adjacent to an activating group) is 1. The highest BCUT2D eigenvalue weighted by atomic mass is 79.9. The van der Waals surface area contributed by atoms with E-state index in [1.54, 1.807) is 18.0 Å². The van der Waals surface area contributed by atoms with Crippen LogP contribution in [0.25, 0.3) is 0 Å². The van der Waals surface area contributed by atoms with E-state index in [0.29, 0.717) is 4.47 Å². The van der Waals surface area contributed by atoms with Crippen molar-refractivity contribution in [2.75, 3.05) is 25.5 Å². The van der Waals surface area contributed by atoms with E-state index in [9.17, 15) is 14.0 Å². The Bertz CT molecular complexity index is 558. The Morgan fingerprint density at radius 1 is 1.23 bits per heavy atom. The number of hydrogen-bond acceptors (Lipinski definition) is 3. The first kappa shape index (κ1) is 18.6. The molecule has 2 N–H and O–H groups in total. The molecule has 1 aromatic rings. The molecule has 0 spiro atoms. The summed E-state index contributed by atoms with van der Waals surface area (Å²) < 4.78 is 14.2. The van der Waals surface area contributed by atoms with Gasteiger partial charge in [0, 0.05) is 10.0 Å². The second-order valence-electron chi connectivity index (χ2n) is 6.14. The number of nitrogens with one attached hydrogen (secondary N) is 2. The third-order valence-electron chi connectivity index (χ3n) is 2.55. The molecule has 0 aliphatic carbocycles. The minimum atomic E-state index is -0.518. The van der Waals surface area contributed by atoms with Crippen LogP contribution in [0.15, 0.2) is 22.7 Å². The van der Waals surface area contributed by atoms with Gasteiger partial charge in [0.25, 0.3) is 0 Å². The molecule has 0 heterocycles. The average Bonchev–Trinajstić information content (AvgIpc) is 2.29. The number of carbonyl (C=O) groups excluding carboxylic acids is 2. The van der Waals surface area contributed by atoms with Gasteiger partial charge in [-0.05, 0) is 46.0 Å². The van der Waals surface area contributed by atoms with E-state index in [4.69, 9.17) is 0 Å². The summed E-state index contributed by atoms with van der Waals surface area (Å²) in [7, 11) is 1.65. The van der Waals surface area contributed by atoms with E-state index < -0.39 is 5.82 Å². The summed E-state index contributed by atoms with van der Waals surface area (Å²) >= 11 is 3.15. The van der Waals surface area contributed by atoms with Gasteiger partial charge in [0.2, 0.25) is 11.8 Å². The van der Waals surface area contributed by atoms with E-state index in [0.717, 1.165) is 0 Å². The largest absolute Gasteiger partial charge is 0.350 e. The van der Waals surface area contributed by atoms with Gasteiger partial charge in [-0.1, -0.05) is 15.9 Å². The van der Waals surface area contributed by atoms with Crippen LogP contribution in [0.4, 0.5) is 10.1 Å². The van der Waals surface area contributed by atoms with Gasteiger partial charge in [0.15, 0.2) is 0 Å². The minimum absolute atomic E-state index is 0.00688. The molecular weight excluding hydrogens is 353 g/mol. The maximum absolute atomic E-state index is 13.6. The molecule has 0 bridgehead atoms. The van der Waals surface area contributed by atoms with Crippen LogP contribution in [0, 0.1) is 5.82 Å². The van der Waals surface area contributed by atoms with Crippen molar-refractivity contribution in [1.82, 2.24) is 10.2 Å². The van der Waals surface area contributed by atoms with Gasteiger partial charge < -0.3 is 10.6 Å². The molecule has 0 unspecified atom stereocenters. The second-order valence-corrected chi connectivity index (χ2v) is 7.06. The van der Waals surface area contributed by atoms with E-state index in [1.807, 2.05) is 20.8 Å². The van der Waals surface area contributed by atoms with Gasteiger partial charge in [0.1, 0.15) is 5.82 Å². The van der Waals surface area contributed by atoms with Crippen LogP contribution < -0.4 is 10.6 Å². The van der Waals surface area contributed by atoms with Crippen molar-refractivity contribution in [3.63, 3.8) is 0 Å². The lowest BCUT2D eigenvalue weighted by Gasteiger charge is -2.23. The fourth-order valence-electron chi connectivity index (χ4n) is 1.78. The Balaban J connectivity index is 2.49. The average molecular weight is 374 g/mol. The summed E-state index contributed by atoms with van der Waals surface area (Å²) in [5.41, 5.74) is -0.207. The molecule has 0 aromatic heterocycles. The normalized spacial score (nSPS) is 11.4. The maximum Gasteiger partial charge on any atom is 0.238 e. The van der Waals surface area contributed by atoms with Gasteiger partial charge in [-0.15, -0.1) is 0 Å². The summed E-state index contributed by atoms with van der Waals surface area (Å²) in [6.07, 6.45) is 0. The van der Waals surface area contributed by atoms with E-state index in [1.165, 1.54) is 12.1 Å². The Kier molecular flexibility index (Phi) is 6.49. The predicted molar refractivity (Wildman–Crippen MR) is 88.1 cm³/mol. The molecular formula is C15H21BrFN3O2. The molecule has 22 heavy (non-hydrogen) atoms. The molecule has 0 atom stereocenters. The number of rotatable bonds is 5. The number of halogens is 2. The third kappa shape index (κ3) is 7.00. The molecule has 0 aliphatic heterocycles. The molecule has 2 amide bonds. The SMILES string of the molecule is CN(CC(=O)Nc1ccc(Br)cc1F)CC(=O)NC(C)(C)C. The molecule has 0 radical (unpaired) electrons. The number of amides is 2. The van der Waals surface area contributed by atoms with Gasteiger partial charge in [-0.3, -0.25) is 14.5 Å². The fraction of sp³-hybridized carbons (Fsp3) is 0.467. The van der Waals surface area contributed by atoms with Crippen molar-refractivity contribution in [2.45, 2.75) is 26.3 Å². The Labute approximate surface area is 138 Å². The number of nitrogens with zero attached hydrogens (tertiary/aromatic N) is 1. The third-order valence-corrected chi connectivity index (χ3v) is 3.04. The van der Waals surface area contributed by atoms with Gasteiger partial charge in [0.05, 0.1) is 18.8 Å². The zero-order valence-electron chi connectivity index (χ0n) is 13.2. The Morgan fingerprint density at radius 2 is 1.82 bits per heavy atom. The molecule has 7 heteroatoms. The van der Waals surface area contributed by atoms with E-state index in [2.05, 4.69) is 26.6 Å². The Morgan fingerprint density at radius 3 is 2.36 bits per heavy atom. The summed E-state index contributed by atoms with van der Waals surface area (Å²) in [6, 6.07) is 4.39. The van der Waals surface area contributed by atoms with Gasteiger partial charge in [-0.25, -0.2) is 4.39 Å². The molecule has 0 aliphatic rings. The van der Waals surface area contributed by atoms with Gasteiger partial charge in [-0.2, -0.15) is 0 Å². The van der Waals surface area contributed by atoms with Crippen LogP contribution in [-0.2, 0) is 9.59 Å². The molecule has 0 saturated heterocycles. The number of benzene rings is 1. The van der Waals surface area contributed by atoms with Crippen LogP contribution in [-0.4, -0.2) is 42.4 Å². The van der Waals surface area contributed by atoms with Crippen LogP contribution in [0.1, 0.15) is 20.8 Å². The predicted octanol–water partition coefficient (Wildman–Crippen LogP) is 2.37. The van der Waals surface area contributed by atoms with Crippen molar-refractivity contribution in [1.29, 1.82) is 0 Å². The number of hydrogen-bond donors (Lipinski definition) is 2. The summed E-state index contributed by atoms with van der Waals surface area (Å²) in [6.45, 7) is 5.73. The highest BCUT2D eigenvalue weighted by Gasteiger charge is 2.16. The standard InChI is InChI=1S/C15H21BrFN3O2/c1-15(2,3)19-14(22)9-20(4)8-13(21)18-12-6-5-10(16)7-11(12)17/h5-7H,8-9H2,1-4H3,(H,18,21)(H,19,22). The number of carbonyl (C=O) groups is 2. The lowest BCUT2D eigenvalue weighted by molar-refractivity contribution is -0.124. The van der Waals surface area contributed by atoms with Crippen LogP contribution in [0.2, 0.25) is 0 Å². The lowest BCUT2D eigenvalue weighted by Crippen LogP contribution is -2.46. The van der Waals surface area contributed by atoms with E-state index in [-0.39, 0.29) is 36.1 Å². The zero-order chi connectivity index (χ0) is 16.9. The lowest BCUT2D eigenvalue weighted by atomic mass is 10.1. The topological polar surface area (TPSA) is 61.4 Å². The first-order valence-corrected chi connectivity index (χ1v) is 7.60. The minimum Gasteiger partial charge on any atom is -0.350 e. The number of anilines is 1. The highest BCUT2D eigenvalue weighted by molar-refractivity contribution is 9.10. The summed E-state index contributed by atoms with van der Waals surface area (Å²) in [5.74, 6) is -1.07. The van der Waals surface area contributed by atoms with Crippen molar-refractivity contribution in [3.05, 3.63) is 28.5 Å². The fourth-order valence-corrected chi connectivity index (χ4v) is 2.12. The zero-order valence-corrected chi connectivity index (χ0v) is 14.8. The van der Waals surface area contributed by atoms with E-state index >= 15 is 0 Å². The molecule has 0 fully saturated rings. The second kappa shape index (κ2) is 7.69. The first-order chi connectivity index (χ1) is 10.1. The van der Waals surface area contributed by atoms with Crippen LogP contribution in [0.5, 0.6) is 0 Å². The van der Waals surface area contributed by atoms with Crippen LogP contribution in [0.3, 0.4) is 0 Å². The molecule has 0 saturated carbocycles. The van der Waals surface area contributed by atoms with Crippen molar-refractivity contribution < 1.29 is 14.0 Å². The maximum atomic E-state index is 13.6. The molecule has 122 valence electrons.